The number of carboxylic acid groups (broad SMARTS) is 1. The Kier molecular flexibility index (Phi) is 6.62. The van der Waals surface area contributed by atoms with E-state index in [4.69, 9.17) is 9.84 Å². The number of carbonyl (C=O) groups excluding carboxylic acids is 1. The van der Waals surface area contributed by atoms with Crippen molar-refractivity contribution >= 4 is 12.0 Å². The molecule has 110 valence electrons. The summed E-state index contributed by atoms with van der Waals surface area (Å²) in [6.45, 7) is 4.22. The fraction of sp³-hybridized carbons (Fsp3) is 0.846. The SMILES string of the molecule is COCCCCNC(=O)N1CC(C)CC(C(=O)O)C1. The van der Waals surface area contributed by atoms with Crippen LogP contribution >= 0.6 is 0 Å². The summed E-state index contributed by atoms with van der Waals surface area (Å²) in [6.07, 6.45) is 2.42. The van der Waals surface area contributed by atoms with Gasteiger partial charge in [0.1, 0.15) is 0 Å². The summed E-state index contributed by atoms with van der Waals surface area (Å²) in [4.78, 5) is 24.6. The summed E-state index contributed by atoms with van der Waals surface area (Å²) in [7, 11) is 1.65. The minimum Gasteiger partial charge on any atom is -0.481 e. The summed E-state index contributed by atoms with van der Waals surface area (Å²) >= 11 is 0. The summed E-state index contributed by atoms with van der Waals surface area (Å²) in [6, 6.07) is -0.157. The summed E-state index contributed by atoms with van der Waals surface area (Å²) in [5.41, 5.74) is 0. The molecule has 1 heterocycles. The number of ether oxygens (including phenoxy) is 1. The van der Waals surface area contributed by atoms with Gasteiger partial charge in [0.25, 0.3) is 0 Å². The molecule has 2 N–H and O–H groups in total. The molecular formula is C13H24N2O4. The minimum absolute atomic E-state index is 0.157. The molecule has 1 aliphatic heterocycles. The van der Waals surface area contributed by atoms with Crippen molar-refractivity contribution in [3.05, 3.63) is 0 Å². The number of methoxy groups -OCH3 is 1. The molecule has 0 aromatic carbocycles. The molecule has 19 heavy (non-hydrogen) atoms. The molecule has 2 unspecified atom stereocenters. The number of rotatable bonds is 6. The zero-order valence-corrected chi connectivity index (χ0v) is 11.7. The second-order valence-corrected chi connectivity index (χ2v) is 5.21. The van der Waals surface area contributed by atoms with Gasteiger partial charge in [-0.15, -0.1) is 0 Å². The minimum atomic E-state index is -0.815. The van der Waals surface area contributed by atoms with Gasteiger partial charge >= 0.3 is 12.0 Å². The Labute approximate surface area is 114 Å². The van der Waals surface area contributed by atoms with Crippen LogP contribution in [0.1, 0.15) is 26.2 Å². The van der Waals surface area contributed by atoms with Gasteiger partial charge < -0.3 is 20.1 Å². The quantitative estimate of drug-likeness (QED) is 0.711. The van der Waals surface area contributed by atoms with Crippen molar-refractivity contribution in [1.29, 1.82) is 0 Å². The number of carboxylic acids is 1. The molecule has 0 bridgehead atoms. The lowest BCUT2D eigenvalue weighted by Gasteiger charge is -2.34. The molecule has 1 fully saturated rings. The molecule has 0 aromatic heterocycles. The Morgan fingerprint density at radius 2 is 2.11 bits per heavy atom. The standard InChI is InChI=1S/C13H24N2O4/c1-10-7-11(12(16)17)9-15(8-10)13(18)14-5-3-4-6-19-2/h10-11H,3-9H2,1-2H3,(H,14,18)(H,16,17). The number of hydrogen-bond acceptors (Lipinski definition) is 3. The van der Waals surface area contributed by atoms with Gasteiger partial charge in [-0.1, -0.05) is 6.92 Å². The summed E-state index contributed by atoms with van der Waals surface area (Å²) < 4.78 is 4.93. The number of urea groups is 1. The predicted octanol–water partition coefficient (Wildman–Crippen LogP) is 1.17. The lowest BCUT2D eigenvalue weighted by molar-refractivity contribution is -0.143. The summed E-state index contributed by atoms with van der Waals surface area (Å²) in [5.74, 6) is -1.03. The number of hydrogen-bond donors (Lipinski definition) is 2. The maximum Gasteiger partial charge on any atom is 0.317 e. The predicted molar refractivity (Wildman–Crippen MR) is 71.0 cm³/mol. The van der Waals surface area contributed by atoms with Crippen molar-refractivity contribution in [1.82, 2.24) is 10.2 Å². The van der Waals surface area contributed by atoms with E-state index in [1.165, 1.54) is 0 Å². The van der Waals surface area contributed by atoms with E-state index in [2.05, 4.69) is 5.32 Å². The average Bonchev–Trinajstić information content (AvgIpc) is 2.37. The highest BCUT2D eigenvalue weighted by Crippen LogP contribution is 2.21. The monoisotopic (exact) mass is 272 g/mol. The van der Waals surface area contributed by atoms with Crippen molar-refractivity contribution in [2.24, 2.45) is 11.8 Å². The molecule has 1 rings (SSSR count). The van der Waals surface area contributed by atoms with Crippen LogP contribution in [-0.4, -0.2) is 55.4 Å². The second kappa shape index (κ2) is 7.99. The van der Waals surface area contributed by atoms with Crippen LogP contribution in [0.25, 0.3) is 0 Å². The molecule has 0 radical (unpaired) electrons. The van der Waals surface area contributed by atoms with Crippen molar-refractivity contribution in [2.45, 2.75) is 26.2 Å². The molecule has 0 aromatic rings. The van der Waals surface area contributed by atoms with E-state index in [0.717, 1.165) is 12.8 Å². The molecule has 6 heteroatoms. The zero-order valence-electron chi connectivity index (χ0n) is 11.7. The Morgan fingerprint density at radius 1 is 1.37 bits per heavy atom. The number of unbranched alkanes of at least 4 members (excludes halogenated alkanes) is 1. The van der Waals surface area contributed by atoms with Crippen molar-refractivity contribution in [3.8, 4) is 0 Å². The normalized spacial score (nSPS) is 23.2. The number of piperidine rings is 1. The lowest BCUT2D eigenvalue weighted by Crippen LogP contribution is -2.49. The number of nitrogens with zero attached hydrogens (tertiary/aromatic N) is 1. The number of amides is 2. The first-order chi connectivity index (χ1) is 9.04. The summed E-state index contributed by atoms with van der Waals surface area (Å²) in [5, 5.41) is 11.9. The van der Waals surface area contributed by atoms with Gasteiger partial charge in [0, 0.05) is 33.4 Å². The first-order valence-corrected chi connectivity index (χ1v) is 6.79. The largest absolute Gasteiger partial charge is 0.481 e. The molecule has 1 saturated heterocycles. The highest BCUT2D eigenvalue weighted by atomic mass is 16.5. The molecular weight excluding hydrogens is 248 g/mol. The molecule has 1 aliphatic rings. The van der Waals surface area contributed by atoms with Gasteiger partial charge in [-0.25, -0.2) is 4.79 Å². The van der Waals surface area contributed by atoms with Crippen molar-refractivity contribution in [2.75, 3.05) is 33.4 Å². The van der Waals surface area contributed by atoms with E-state index in [9.17, 15) is 9.59 Å². The molecule has 2 atom stereocenters. The van der Waals surface area contributed by atoms with Crippen LogP contribution in [0.2, 0.25) is 0 Å². The Bertz CT molecular complexity index is 309. The number of likely N-dealkylation sites (tertiary alicyclic amines) is 1. The number of aliphatic carboxylic acids is 1. The fourth-order valence-corrected chi connectivity index (χ4v) is 2.37. The third-order valence-corrected chi connectivity index (χ3v) is 3.35. The van der Waals surface area contributed by atoms with Gasteiger partial charge in [-0.2, -0.15) is 0 Å². The maximum atomic E-state index is 11.9. The van der Waals surface area contributed by atoms with Crippen LogP contribution in [0.3, 0.4) is 0 Å². The van der Waals surface area contributed by atoms with E-state index < -0.39 is 11.9 Å². The highest BCUT2D eigenvalue weighted by Gasteiger charge is 2.31. The van der Waals surface area contributed by atoms with Crippen molar-refractivity contribution < 1.29 is 19.4 Å². The van der Waals surface area contributed by atoms with Gasteiger partial charge in [-0.3, -0.25) is 4.79 Å². The average molecular weight is 272 g/mol. The third kappa shape index (κ3) is 5.46. The molecule has 0 aliphatic carbocycles. The van der Waals surface area contributed by atoms with Crippen LogP contribution < -0.4 is 5.32 Å². The first-order valence-electron chi connectivity index (χ1n) is 6.79. The van der Waals surface area contributed by atoms with Crippen LogP contribution in [0.15, 0.2) is 0 Å². The van der Waals surface area contributed by atoms with Gasteiger partial charge in [0.15, 0.2) is 0 Å². The van der Waals surface area contributed by atoms with E-state index in [0.29, 0.717) is 32.7 Å². The van der Waals surface area contributed by atoms with E-state index in [1.54, 1.807) is 12.0 Å². The first kappa shape index (κ1) is 15.8. The molecule has 2 amide bonds. The van der Waals surface area contributed by atoms with Crippen molar-refractivity contribution in [3.63, 3.8) is 0 Å². The van der Waals surface area contributed by atoms with Crippen LogP contribution in [-0.2, 0) is 9.53 Å². The fourth-order valence-electron chi connectivity index (χ4n) is 2.37. The topological polar surface area (TPSA) is 78.9 Å². The second-order valence-electron chi connectivity index (χ2n) is 5.21. The smallest absolute Gasteiger partial charge is 0.317 e. The number of carbonyl (C=O) groups is 2. The Balaban J connectivity index is 2.32. The molecule has 0 saturated carbocycles. The van der Waals surface area contributed by atoms with Crippen LogP contribution in [0.5, 0.6) is 0 Å². The highest BCUT2D eigenvalue weighted by molar-refractivity contribution is 5.76. The van der Waals surface area contributed by atoms with Gasteiger partial charge in [-0.05, 0) is 25.2 Å². The van der Waals surface area contributed by atoms with E-state index in [1.807, 2.05) is 6.92 Å². The van der Waals surface area contributed by atoms with Crippen LogP contribution in [0.4, 0.5) is 4.79 Å². The Morgan fingerprint density at radius 3 is 2.74 bits per heavy atom. The molecule has 6 nitrogen and oxygen atoms in total. The lowest BCUT2D eigenvalue weighted by atomic mass is 9.91. The van der Waals surface area contributed by atoms with E-state index >= 15 is 0 Å². The van der Waals surface area contributed by atoms with Crippen LogP contribution in [0, 0.1) is 11.8 Å². The van der Waals surface area contributed by atoms with E-state index in [-0.39, 0.29) is 11.9 Å². The Hall–Kier alpha value is -1.30. The molecule has 0 spiro atoms. The zero-order chi connectivity index (χ0) is 14.3. The maximum absolute atomic E-state index is 11.9. The van der Waals surface area contributed by atoms with Gasteiger partial charge in [0.05, 0.1) is 5.92 Å². The van der Waals surface area contributed by atoms with Gasteiger partial charge in [0.2, 0.25) is 0 Å². The number of nitrogens with one attached hydrogen (secondary N) is 1. The third-order valence-electron chi connectivity index (χ3n) is 3.35.